The molecule has 0 saturated carbocycles. The van der Waals surface area contributed by atoms with Gasteiger partial charge in [0.25, 0.3) is 5.91 Å². The van der Waals surface area contributed by atoms with Crippen LogP contribution in [-0.4, -0.2) is 47.4 Å². The zero-order chi connectivity index (χ0) is 23.8. The molecule has 1 amide bonds. The fourth-order valence-corrected chi connectivity index (χ4v) is 3.46. The molecule has 1 aromatic heterocycles. The lowest BCUT2D eigenvalue weighted by Crippen LogP contribution is -2.21. The summed E-state index contributed by atoms with van der Waals surface area (Å²) in [6.07, 6.45) is 4.22. The van der Waals surface area contributed by atoms with Crippen LogP contribution in [0.4, 0.5) is 4.39 Å². The Morgan fingerprint density at radius 3 is 2.42 bits per heavy atom. The lowest BCUT2D eigenvalue weighted by atomic mass is 10.0. The maximum absolute atomic E-state index is 13.5. The highest BCUT2D eigenvalue weighted by Gasteiger charge is 2.15. The molecule has 0 aliphatic carbocycles. The van der Waals surface area contributed by atoms with Crippen molar-refractivity contribution in [3.05, 3.63) is 59.5 Å². The van der Waals surface area contributed by atoms with E-state index in [0.717, 1.165) is 30.5 Å². The number of aryl methyl sites for hydroxylation is 1. The minimum absolute atomic E-state index is 0.107. The predicted molar refractivity (Wildman–Crippen MR) is 126 cm³/mol. The molecule has 0 atom stereocenters. The highest BCUT2D eigenvalue weighted by Crippen LogP contribution is 2.26. The molecule has 0 fully saturated rings. The van der Waals surface area contributed by atoms with Crippen molar-refractivity contribution >= 4 is 22.9 Å². The molecular formula is C26H30FN3O3. The Morgan fingerprint density at radius 1 is 0.970 bits per heavy atom. The Kier molecular flexibility index (Phi) is 8.46. The number of unbranched alkanes of at least 4 members (excludes halogenated alkanes) is 2. The van der Waals surface area contributed by atoms with Crippen molar-refractivity contribution in [2.24, 2.45) is 0 Å². The van der Waals surface area contributed by atoms with Crippen LogP contribution in [0, 0.1) is 5.82 Å². The molecule has 2 aromatic carbocycles. The van der Waals surface area contributed by atoms with Crippen molar-refractivity contribution in [1.82, 2.24) is 14.9 Å². The normalized spacial score (nSPS) is 10.9. The van der Waals surface area contributed by atoms with E-state index in [4.69, 9.17) is 14.7 Å². The number of esters is 1. The number of amides is 1. The lowest BCUT2D eigenvalue weighted by Gasteiger charge is -2.13. The van der Waals surface area contributed by atoms with Crippen LogP contribution >= 0.6 is 0 Å². The Morgan fingerprint density at radius 2 is 1.73 bits per heavy atom. The first-order valence-corrected chi connectivity index (χ1v) is 11.3. The molecule has 174 valence electrons. The van der Waals surface area contributed by atoms with Gasteiger partial charge in [0.1, 0.15) is 5.82 Å². The van der Waals surface area contributed by atoms with E-state index in [-0.39, 0.29) is 17.7 Å². The topological polar surface area (TPSA) is 72.4 Å². The van der Waals surface area contributed by atoms with E-state index in [2.05, 4.69) is 6.92 Å². The van der Waals surface area contributed by atoms with Crippen molar-refractivity contribution in [2.45, 2.75) is 45.4 Å². The molecule has 0 radical (unpaired) electrons. The zero-order valence-corrected chi connectivity index (χ0v) is 19.4. The number of rotatable bonds is 10. The van der Waals surface area contributed by atoms with Crippen molar-refractivity contribution in [3.8, 4) is 11.3 Å². The van der Waals surface area contributed by atoms with Crippen LogP contribution in [0.5, 0.6) is 0 Å². The average molecular weight is 452 g/mol. The van der Waals surface area contributed by atoms with E-state index in [0.29, 0.717) is 48.2 Å². The number of halogens is 1. The lowest BCUT2D eigenvalue weighted by molar-refractivity contribution is -0.143. The SMILES string of the molecule is CCCCOC(=O)CCCCc1nc2cc(C(=O)N(C)C)ccc2nc1-c1ccc(F)cc1. The molecule has 7 heteroatoms. The molecule has 0 aliphatic rings. The standard InChI is InChI=1S/C26H30FN3O3/c1-4-5-16-33-24(31)9-7-6-8-22-25(18-10-13-20(27)14-11-18)29-21-15-12-19(17-23(21)28-22)26(32)30(2)3/h10-15,17H,4-9,16H2,1-3H3. The van der Waals surface area contributed by atoms with E-state index in [9.17, 15) is 14.0 Å². The number of hydrogen-bond donors (Lipinski definition) is 0. The van der Waals surface area contributed by atoms with Crippen LogP contribution in [-0.2, 0) is 16.0 Å². The monoisotopic (exact) mass is 451 g/mol. The van der Waals surface area contributed by atoms with E-state index in [1.807, 2.05) is 0 Å². The molecule has 1 heterocycles. The summed E-state index contributed by atoms with van der Waals surface area (Å²) in [5.41, 5.74) is 4.03. The number of ether oxygens (including phenoxy) is 1. The second-order valence-corrected chi connectivity index (χ2v) is 8.21. The third kappa shape index (κ3) is 6.57. The molecule has 3 rings (SSSR count). The van der Waals surface area contributed by atoms with Crippen molar-refractivity contribution < 1.29 is 18.7 Å². The Bertz CT molecular complexity index is 1110. The maximum atomic E-state index is 13.5. The molecule has 6 nitrogen and oxygen atoms in total. The van der Waals surface area contributed by atoms with E-state index in [1.54, 1.807) is 44.4 Å². The number of aromatic nitrogens is 2. The van der Waals surface area contributed by atoms with E-state index >= 15 is 0 Å². The van der Waals surface area contributed by atoms with Gasteiger partial charge in [-0.1, -0.05) is 13.3 Å². The fraction of sp³-hybridized carbons (Fsp3) is 0.385. The summed E-state index contributed by atoms with van der Waals surface area (Å²) >= 11 is 0. The van der Waals surface area contributed by atoms with Gasteiger partial charge in [0.05, 0.1) is 29.0 Å². The predicted octanol–water partition coefficient (Wildman–Crippen LogP) is 5.19. The molecule has 3 aromatic rings. The van der Waals surface area contributed by atoms with Crippen LogP contribution in [0.15, 0.2) is 42.5 Å². The van der Waals surface area contributed by atoms with Gasteiger partial charge >= 0.3 is 5.97 Å². The number of carbonyl (C=O) groups excluding carboxylic acids is 2. The van der Waals surface area contributed by atoms with Gasteiger partial charge in [0, 0.05) is 31.6 Å². The van der Waals surface area contributed by atoms with Gasteiger partial charge in [-0.15, -0.1) is 0 Å². The molecule has 0 unspecified atom stereocenters. The summed E-state index contributed by atoms with van der Waals surface area (Å²) < 4.78 is 18.7. The van der Waals surface area contributed by atoms with Crippen LogP contribution < -0.4 is 0 Å². The molecule has 0 saturated heterocycles. The summed E-state index contributed by atoms with van der Waals surface area (Å²) in [7, 11) is 3.41. The van der Waals surface area contributed by atoms with Crippen LogP contribution in [0.25, 0.3) is 22.3 Å². The Labute approximate surface area is 193 Å². The Balaban J connectivity index is 1.83. The van der Waals surface area contributed by atoms with E-state index < -0.39 is 0 Å². The summed E-state index contributed by atoms with van der Waals surface area (Å²) in [5, 5.41) is 0. The van der Waals surface area contributed by atoms with Crippen LogP contribution in [0.2, 0.25) is 0 Å². The van der Waals surface area contributed by atoms with E-state index in [1.165, 1.54) is 17.0 Å². The van der Waals surface area contributed by atoms with Crippen molar-refractivity contribution in [3.63, 3.8) is 0 Å². The second-order valence-electron chi connectivity index (χ2n) is 8.21. The van der Waals surface area contributed by atoms with Crippen molar-refractivity contribution in [1.29, 1.82) is 0 Å². The summed E-state index contributed by atoms with van der Waals surface area (Å²) in [5.74, 6) is -0.606. The summed E-state index contributed by atoms with van der Waals surface area (Å²) in [4.78, 5) is 35.3. The second kappa shape index (κ2) is 11.5. The smallest absolute Gasteiger partial charge is 0.305 e. The first-order valence-electron chi connectivity index (χ1n) is 11.3. The third-order valence-electron chi connectivity index (χ3n) is 5.31. The van der Waals surface area contributed by atoms with Gasteiger partial charge in [0.15, 0.2) is 0 Å². The van der Waals surface area contributed by atoms with Gasteiger partial charge < -0.3 is 9.64 Å². The van der Waals surface area contributed by atoms with Crippen LogP contribution in [0.3, 0.4) is 0 Å². The zero-order valence-electron chi connectivity index (χ0n) is 19.4. The molecule has 0 aliphatic heterocycles. The molecule has 0 N–H and O–H groups in total. The number of hydrogen-bond acceptors (Lipinski definition) is 5. The maximum Gasteiger partial charge on any atom is 0.305 e. The third-order valence-corrected chi connectivity index (χ3v) is 5.31. The van der Waals surface area contributed by atoms with Gasteiger partial charge in [0.2, 0.25) is 0 Å². The minimum Gasteiger partial charge on any atom is -0.466 e. The van der Waals surface area contributed by atoms with Gasteiger partial charge in [-0.3, -0.25) is 9.59 Å². The summed E-state index contributed by atoms with van der Waals surface area (Å²) in [6.45, 7) is 2.52. The molecule has 33 heavy (non-hydrogen) atoms. The highest BCUT2D eigenvalue weighted by molar-refractivity contribution is 5.97. The van der Waals surface area contributed by atoms with Crippen LogP contribution in [0.1, 0.15) is 55.1 Å². The molecule has 0 spiro atoms. The molecular weight excluding hydrogens is 421 g/mol. The van der Waals surface area contributed by atoms with Gasteiger partial charge in [-0.05, 0) is 68.1 Å². The first-order chi connectivity index (χ1) is 15.9. The van der Waals surface area contributed by atoms with Gasteiger partial charge in [-0.2, -0.15) is 0 Å². The number of fused-ring (bicyclic) bond motifs is 1. The first kappa shape index (κ1) is 24.3. The Hall–Kier alpha value is -3.35. The number of carbonyl (C=O) groups is 2. The number of benzene rings is 2. The average Bonchev–Trinajstić information content (AvgIpc) is 2.81. The van der Waals surface area contributed by atoms with Crippen molar-refractivity contribution in [2.75, 3.05) is 20.7 Å². The fourth-order valence-electron chi connectivity index (χ4n) is 3.46. The number of nitrogens with zero attached hydrogens (tertiary/aromatic N) is 3. The minimum atomic E-state index is -0.317. The largest absolute Gasteiger partial charge is 0.466 e. The summed E-state index contributed by atoms with van der Waals surface area (Å²) in [6, 6.07) is 11.4. The highest BCUT2D eigenvalue weighted by atomic mass is 19.1. The molecule has 0 bridgehead atoms. The quantitative estimate of drug-likeness (QED) is 0.313. The van der Waals surface area contributed by atoms with Gasteiger partial charge in [-0.25, -0.2) is 14.4 Å².